The van der Waals surface area contributed by atoms with Gasteiger partial charge in [-0.25, -0.2) is 14.8 Å². The number of pyridine rings is 2. The second-order valence-electron chi connectivity index (χ2n) is 12.6. The van der Waals surface area contributed by atoms with E-state index in [9.17, 15) is 10.1 Å². The highest BCUT2D eigenvalue weighted by Crippen LogP contribution is 2.38. The van der Waals surface area contributed by atoms with E-state index in [1.54, 1.807) is 17.5 Å². The molecule has 1 aliphatic carbocycles. The monoisotopic (exact) mass is 661 g/mol. The van der Waals surface area contributed by atoms with Crippen LogP contribution in [0, 0.1) is 17.2 Å². The van der Waals surface area contributed by atoms with E-state index < -0.39 is 0 Å². The molecule has 12 heteroatoms. The third-order valence-corrected chi connectivity index (χ3v) is 10.7. The lowest BCUT2D eigenvalue weighted by molar-refractivity contribution is 0.0817. The number of carbonyl (C=O) groups excluding carboxylic acids is 1. The molecular weight excluding hydrogens is 623 g/mol. The van der Waals surface area contributed by atoms with Crippen LogP contribution in [0.5, 0.6) is 0 Å². The van der Waals surface area contributed by atoms with Gasteiger partial charge in [0.2, 0.25) is 0 Å². The molecule has 4 aromatic heterocycles. The molecule has 5 aromatic rings. The first-order valence-electron chi connectivity index (χ1n) is 16.7. The lowest BCUT2D eigenvalue weighted by atomic mass is 9.86. The number of hydrogen-bond donors (Lipinski definition) is 2. The van der Waals surface area contributed by atoms with Crippen LogP contribution in [0.4, 0.5) is 10.5 Å². The number of nitrogens with one attached hydrogen (secondary N) is 2. The average molecular weight is 662 g/mol. The number of carbonyl (C=O) groups is 1. The Morgan fingerprint density at radius 2 is 1.83 bits per heavy atom. The van der Waals surface area contributed by atoms with Crippen molar-refractivity contribution in [1.82, 2.24) is 34.9 Å². The molecule has 1 amide bonds. The fourth-order valence-corrected chi connectivity index (χ4v) is 7.78. The van der Waals surface area contributed by atoms with Gasteiger partial charge in [-0.05, 0) is 68.7 Å². The van der Waals surface area contributed by atoms with E-state index in [0.717, 1.165) is 102 Å². The van der Waals surface area contributed by atoms with Gasteiger partial charge in [0.25, 0.3) is 0 Å². The van der Waals surface area contributed by atoms with Crippen molar-refractivity contribution in [3.05, 3.63) is 83.3 Å². The fourth-order valence-electron chi connectivity index (χ4n) is 6.74. The molecule has 5 heterocycles. The summed E-state index contributed by atoms with van der Waals surface area (Å²) in [6.07, 6.45) is 11.6. The number of ether oxygens (including phenoxy) is 1. The number of rotatable bonds is 9. The number of fused-ring (bicyclic) bond motifs is 1. The molecule has 0 bridgehead atoms. The zero-order valence-corrected chi connectivity index (χ0v) is 27.8. The minimum absolute atomic E-state index is 0.210. The highest BCUT2D eigenvalue weighted by molar-refractivity contribution is 7.14. The topological polar surface area (TPSA) is 134 Å². The Bertz CT molecular complexity index is 1900. The van der Waals surface area contributed by atoms with Gasteiger partial charge >= 0.3 is 6.09 Å². The maximum Gasteiger partial charge on any atom is 0.410 e. The summed E-state index contributed by atoms with van der Waals surface area (Å²) in [4.78, 5) is 23.6. The van der Waals surface area contributed by atoms with Crippen LogP contribution in [0.1, 0.15) is 60.6 Å². The second-order valence-corrected chi connectivity index (χ2v) is 13.7. The number of anilines is 1. The molecular formula is C36H39N9O2S. The Morgan fingerprint density at radius 3 is 2.60 bits per heavy atom. The summed E-state index contributed by atoms with van der Waals surface area (Å²) in [5.41, 5.74) is 4.13. The van der Waals surface area contributed by atoms with Gasteiger partial charge in [-0.15, -0.1) is 10.2 Å². The first kappa shape index (κ1) is 31.7. The predicted molar refractivity (Wildman–Crippen MR) is 186 cm³/mol. The number of likely N-dealkylation sites (tertiary alicyclic amines) is 1. The molecule has 2 aliphatic rings. The molecule has 7 rings (SSSR count). The minimum Gasteiger partial charge on any atom is -0.445 e. The molecule has 2 fully saturated rings. The minimum atomic E-state index is -0.210. The van der Waals surface area contributed by atoms with Gasteiger partial charge in [0.1, 0.15) is 29.1 Å². The van der Waals surface area contributed by atoms with Gasteiger partial charge in [0, 0.05) is 67.8 Å². The maximum absolute atomic E-state index is 12.5. The number of hydrogen-bond acceptors (Lipinski definition) is 10. The summed E-state index contributed by atoms with van der Waals surface area (Å²) in [5.74, 6) is 1.73. The van der Waals surface area contributed by atoms with Gasteiger partial charge < -0.3 is 20.3 Å². The Balaban J connectivity index is 0.886. The maximum atomic E-state index is 12.5. The van der Waals surface area contributed by atoms with Crippen molar-refractivity contribution in [3.8, 4) is 22.5 Å². The second kappa shape index (κ2) is 14.5. The molecule has 0 atom stereocenters. The van der Waals surface area contributed by atoms with Crippen molar-refractivity contribution in [1.29, 1.82) is 5.26 Å². The smallest absolute Gasteiger partial charge is 0.410 e. The molecule has 1 aromatic carbocycles. The fraction of sp³-hybridized carbons (Fsp3) is 0.389. The van der Waals surface area contributed by atoms with Crippen molar-refractivity contribution >= 4 is 34.2 Å². The third-order valence-electron chi connectivity index (χ3n) is 9.58. The Labute approximate surface area is 284 Å². The molecule has 1 saturated carbocycles. The average Bonchev–Trinajstić information content (AvgIpc) is 3.81. The van der Waals surface area contributed by atoms with E-state index in [1.807, 2.05) is 77.4 Å². The Kier molecular flexibility index (Phi) is 9.58. The van der Waals surface area contributed by atoms with Gasteiger partial charge in [-0.1, -0.05) is 41.7 Å². The first-order chi connectivity index (χ1) is 23.6. The number of benzene rings is 1. The zero-order chi connectivity index (χ0) is 32.9. The van der Waals surface area contributed by atoms with Crippen LogP contribution in [0.3, 0.4) is 0 Å². The van der Waals surface area contributed by atoms with E-state index in [1.165, 1.54) is 0 Å². The number of piperidine rings is 1. The summed E-state index contributed by atoms with van der Waals surface area (Å²) >= 11 is 1.66. The van der Waals surface area contributed by atoms with Gasteiger partial charge in [0.05, 0.1) is 11.1 Å². The molecule has 0 spiro atoms. The predicted octanol–water partition coefficient (Wildman–Crippen LogP) is 6.52. The number of amides is 1. The lowest BCUT2D eigenvalue weighted by Gasteiger charge is -2.33. The summed E-state index contributed by atoms with van der Waals surface area (Å²) in [7, 11) is 1.90. The van der Waals surface area contributed by atoms with Crippen LogP contribution >= 0.6 is 11.3 Å². The summed E-state index contributed by atoms with van der Waals surface area (Å²) in [6, 6.07) is 18.2. The van der Waals surface area contributed by atoms with E-state index >= 15 is 0 Å². The van der Waals surface area contributed by atoms with Crippen molar-refractivity contribution < 1.29 is 9.53 Å². The van der Waals surface area contributed by atoms with E-state index in [2.05, 4.69) is 31.9 Å². The van der Waals surface area contributed by atoms with Crippen LogP contribution in [0.15, 0.2) is 67.1 Å². The lowest BCUT2D eigenvalue weighted by Crippen LogP contribution is -2.43. The van der Waals surface area contributed by atoms with Gasteiger partial charge in [-0.2, -0.15) is 5.26 Å². The first-order valence-corrected chi connectivity index (χ1v) is 17.5. The SMILES string of the molecule is CNc1cc(-n2ccc3cc(C#N)cnc32)ncc1-c1nnc(C2CCC(NCC3CCN(C(=O)OCc4ccccc4)CC3)CC2)s1. The standard InChI is InChI=1S/C36H39N9O2S/c1-38-31-18-32(45-16-13-28-17-26(19-37)21-41-33(28)45)40-22-30(31)35-43-42-34(48-35)27-7-9-29(10-8-27)39-20-24-11-14-44(15-12-24)36(46)47-23-25-5-3-2-4-6-25/h2-6,13,16-18,21-22,24,27,29,39H,7-12,14-15,20,23H2,1H3,(H,38,40). The zero-order valence-electron chi connectivity index (χ0n) is 27.0. The van der Waals surface area contributed by atoms with Crippen molar-refractivity contribution in [2.45, 2.75) is 57.1 Å². The molecule has 0 unspecified atom stereocenters. The van der Waals surface area contributed by atoms with Crippen molar-refractivity contribution in [2.75, 3.05) is 32.0 Å². The number of aromatic nitrogens is 5. The molecule has 246 valence electrons. The van der Waals surface area contributed by atoms with Crippen molar-refractivity contribution in [2.24, 2.45) is 5.92 Å². The van der Waals surface area contributed by atoms with Crippen LogP contribution in [-0.2, 0) is 11.3 Å². The molecule has 11 nitrogen and oxygen atoms in total. The molecule has 0 radical (unpaired) electrons. The highest BCUT2D eigenvalue weighted by atomic mass is 32.1. The molecule has 2 N–H and O–H groups in total. The number of nitriles is 1. The van der Waals surface area contributed by atoms with E-state index in [-0.39, 0.29) is 6.09 Å². The highest BCUT2D eigenvalue weighted by Gasteiger charge is 2.28. The van der Waals surface area contributed by atoms with Crippen LogP contribution in [-0.4, -0.2) is 68.4 Å². The van der Waals surface area contributed by atoms with Crippen LogP contribution in [0.25, 0.3) is 27.4 Å². The van der Waals surface area contributed by atoms with E-state index in [0.29, 0.717) is 30.0 Å². The largest absolute Gasteiger partial charge is 0.445 e. The number of nitrogens with zero attached hydrogens (tertiary/aromatic N) is 7. The third kappa shape index (κ3) is 7.02. The normalized spacial score (nSPS) is 18.5. The molecule has 48 heavy (non-hydrogen) atoms. The quantitative estimate of drug-likeness (QED) is 0.181. The molecule has 1 aliphatic heterocycles. The van der Waals surface area contributed by atoms with Crippen LogP contribution < -0.4 is 10.6 Å². The summed E-state index contributed by atoms with van der Waals surface area (Å²) in [5, 5.41) is 28.4. The molecule has 1 saturated heterocycles. The van der Waals surface area contributed by atoms with Crippen molar-refractivity contribution in [3.63, 3.8) is 0 Å². The van der Waals surface area contributed by atoms with E-state index in [4.69, 9.17) is 9.72 Å². The summed E-state index contributed by atoms with van der Waals surface area (Å²) in [6.45, 7) is 2.83. The Morgan fingerprint density at radius 1 is 1.02 bits per heavy atom. The Hall–Kier alpha value is -4.86. The van der Waals surface area contributed by atoms with Gasteiger partial charge in [0.15, 0.2) is 5.01 Å². The van der Waals surface area contributed by atoms with Crippen LogP contribution in [0.2, 0.25) is 0 Å². The van der Waals surface area contributed by atoms with Gasteiger partial charge in [-0.3, -0.25) is 4.57 Å². The summed E-state index contributed by atoms with van der Waals surface area (Å²) < 4.78 is 7.45.